The monoisotopic (exact) mass is 340 g/mol. The van der Waals surface area contributed by atoms with Crippen molar-refractivity contribution >= 4 is 11.9 Å². The molecule has 0 spiro atoms. The predicted octanol–water partition coefficient (Wildman–Crippen LogP) is -1.01. The lowest BCUT2D eigenvalue weighted by molar-refractivity contribution is -0.212. The molecule has 0 heterocycles. The summed E-state index contributed by atoms with van der Waals surface area (Å²) in [6.07, 6.45) is 2.23. The van der Waals surface area contributed by atoms with Crippen LogP contribution in [0, 0.1) is 0 Å². The number of hydrogen-bond donors (Lipinski definition) is 6. The summed E-state index contributed by atoms with van der Waals surface area (Å²) in [6.45, 7) is -0.0498. The summed E-state index contributed by atoms with van der Waals surface area (Å²) in [7, 11) is 0. The van der Waals surface area contributed by atoms with E-state index in [9.17, 15) is 19.8 Å². The summed E-state index contributed by atoms with van der Waals surface area (Å²) in [6, 6.07) is 0. The van der Waals surface area contributed by atoms with Crippen LogP contribution in [-0.4, -0.2) is 74.8 Å². The van der Waals surface area contributed by atoms with Crippen molar-refractivity contribution < 1.29 is 45.0 Å². The molecule has 0 aliphatic rings. The van der Waals surface area contributed by atoms with Gasteiger partial charge in [0.25, 0.3) is 5.79 Å². The Hall–Kier alpha value is -1.26. The lowest BCUT2D eigenvalue weighted by Crippen LogP contribution is -2.40. The van der Waals surface area contributed by atoms with Crippen LogP contribution in [0.5, 0.6) is 0 Å². The molecular weight excluding hydrogens is 312 g/mol. The number of ether oxygens (including phenoxy) is 1. The fraction of sp³-hybridized carbons (Fsp3) is 0.857. The average Bonchev–Trinajstić information content (AvgIpc) is 2.50. The quantitative estimate of drug-likeness (QED) is 0.148. The van der Waals surface area contributed by atoms with E-state index in [1.807, 2.05) is 0 Å². The molecule has 23 heavy (non-hydrogen) atoms. The minimum Gasteiger partial charge on any atom is -0.481 e. The van der Waals surface area contributed by atoms with Crippen molar-refractivity contribution in [2.75, 3.05) is 26.4 Å². The molecule has 0 fully saturated rings. The third-order valence-corrected chi connectivity index (χ3v) is 2.63. The van der Waals surface area contributed by atoms with Gasteiger partial charge < -0.3 is 35.4 Å². The number of carboxylic acids is 1. The first-order chi connectivity index (χ1) is 10.8. The Balaban J connectivity index is 0. The molecule has 0 unspecified atom stereocenters. The van der Waals surface area contributed by atoms with Crippen LogP contribution in [0.25, 0.3) is 0 Å². The normalized spacial score (nSPS) is 10.7. The van der Waals surface area contributed by atoms with E-state index in [-0.39, 0.29) is 45.7 Å². The fourth-order valence-electron chi connectivity index (χ4n) is 1.44. The largest absolute Gasteiger partial charge is 0.481 e. The molecule has 6 N–H and O–H groups in total. The first-order valence-electron chi connectivity index (χ1n) is 7.48. The molecule has 9 heteroatoms. The lowest BCUT2D eigenvalue weighted by atomic mass is 10.1. The number of aliphatic hydroxyl groups excluding tert-OH is 3. The van der Waals surface area contributed by atoms with Crippen LogP contribution >= 0.6 is 0 Å². The maximum atomic E-state index is 11.3. The average molecular weight is 340 g/mol. The van der Waals surface area contributed by atoms with Crippen molar-refractivity contribution in [2.45, 2.75) is 50.7 Å². The van der Waals surface area contributed by atoms with Crippen LogP contribution in [-0.2, 0) is 14.3 Å². The molecule has 0 atom stereocenters. The smallest absolute Gasteiger partial charge is 0.366 e. The minimum absolute atomic E-state index is 0.0199. The number of rotatable bonds is 12. The highest BCUT2D eigenvalue weighted by Gasteiger charge is 2.34. The van der Waals surface area contributed by atoms with Crippen LogP contribution in [0.2, 0.25) is 0 Å². The number of unbranched alkanes of at least 4 members (excludes halogenated alkanes) is 3. The van der Waals surface area contributed by atoms with E-state index in [0.717, 1.165) is 12.8 Å². The Bertz CT molecular complexity index is 303. The maximum absolute atomic E-state index is 11.3. The molecule has 0 aliphatic carbocycles. The van der Waals surface area contributed by atoms with Gasteiger partial charge in [0.1, 0.15) is 0 Å². The molecule has 0 radical (unpaired) electrons. The second-order valence-corrected chi connectivity index (χ2v) is 4.78. The molecule has 0 aromatic heterocycles. The maximum Gasteiger partial charge on any atom is 0.366 e. The van der Waals surface area contributed by atoms with Crippen molar-refractivity contribution in [1.29, 1.82) is 0 Å². The molecule has 0 amide bonds. The summed E-state index contributed by atoms with van der Waals surface area (Å²) in [4.78, 5) is 21.6. The third-order valence-electron chi connectivity index (χ3n) is 2.63. The predicted molar refractivity (Wildman–Crippen MR) is 79.3 cm³/mol. The highest BCUT2D eigenvalue weighted by atomic mass is 16.6. The molecule has 9 nitrogen and oxygen atoms in total. The molecular formula is C14H28O9. The van der Waals surface area contributed by atoms with Crippen molar-refractivity contribution in [3.8, 4) is 0 Å². The molecule has 0 bridgehead atoms. The van der Waals surface area contributed by atoms with Gasteiger partial charge in [-0.2, -0.15) is 0 Å². The van der Waals surface area contributed by atoms with Crippen LogP contribution in [0.3, 0.4) is 0 Å². The van der Waals surface area contributed by atoms with Gasteiger partial charge in [-0.15, -0.1) is 0 Å². The molecule has 0 aliphatic heterocycles. The zero-order chi connectivity index (χ0) is 18.1. The summed E-state index contributed by atoms with van der Waals surface area (Å²) < 4.78 is 4.70. The van der Waals surface area contributed by atoms with E-state index >= 15 is 0 Å². The Kier molecular flexibility index (Phi) is 16.3. The number of hydrogen-bond acceptors (Lipinski definition) is 8. The van der Waals surface area contributed by atoms with Crippen molar-refractivity contribution in [1.82, 2.24) is 0 Å². The third kappa shape index (κ3) is 16.9. The summed E-state index contributed by atoms with van der Waals surface area (Å²) >= 11 is 0. The van der Waals surface area contributed by atoms with E-state index in [2.05, 4.69) is 0 Å². The van der Waals surface area contributed by atoms with Gasteiger partial charge in [0, 0.05) is 19.4 Å². The van der Waals surface area contributed by atoms with Crippen molar-refractivity contribution in [3.63, 3.8) is 0 Å². The number of esters is 1. The number of carbonyl (C=O) groups is 2. The zero-order valence-corrected chi connectivity index (χ0v) is 13.2. The van der Waals surface area contributed by atoms with E-state index in [4.69, 9.17) is 25.2 Å². The second-order valence-electron chi connectivity index (χ2n) is 4.78. The molecule has 0 saturated carbocycles. The Morgan fingerprint density at radius 2 is 1.39 bits per heavy atom. The van der Waals surface area contributed by atoms with E-state index in [1.54, 1.807) is 0 Å². The second kappa shape index (κ2) is 15.6. The van der Waals surface area contributed by atoms with Crippen LogP contribution in [0.15, 0.2) is 0 Å². The van der Waals surface area contributed by atoms with Crippen molar-refractivity contribution in [2.24, 2.45) is 0 Å². The number of carboxylic acid groups (broad SMARTS) is 1. The fourth-order valence-corrected chi connectivity index (χ4v) is 1.44. The Morgan fingerprint density at radius 1 is 0.826 bits per heavy atom. The van der Waals surface area contributed by atoms with Gasteiger partial charge in [0.05, 0.1) is 19.8 Å². The van der Waals surface area contributed by atoms with Gasteiger partial charge >= 0.3 is 11.9 Å². The summed E-state index contributed by atoms with van der Waals surface area (Å²) in [5, 5.41) is 51.0. The first kappa shape index (κ1) is 24.0. The lowest BCUT2D eigenvalue weighted by Gasteiger charge is -2.19. The SMILES string of the molecule is O=C(O)CCCC(O)(O)C(=O)OCCCCCCO.OCCO. The van der Waals surface area contributed by atoms with Gasteiger partial charge in [-0.05, 0) is 25.7 Å². The van der Waals surface area contributed by atoms with Crippen molar-refractivity contribution in [3.05, 3.63) is 0 Å². The minimum atomic E-state index is -2.62. The first-order valence-corrected chi connectivity index (χ1v) is 7.48. The zero-order valence-electron chi connectivity index (χ0n) is 13.2. The molecule has 0 aromatic carbocycles. The van der Waals surface area contributed by atoms with Crippen LogP contribution in [0.1, 0.15) is 44.9 Å². The van der Waals surface area contributed by atoms with Gasteiger partial charge in [0.15, 0.2) is 0 Å². The Morgan fingerprint density at radius 3 is 1.87 bits per heavy atom. The molecule has 138 valence electrons. The molecule has 0 aromatic rings. The van der Waals surface area contributed by atoms with Gasteiger partial charge in [-0.25, -0.2) is 4.79 Å². The Labute approximate surface area is 135 Å². The van der Waals surface area contributed by atoms with Crippen LogP contribution in [0.4, 0.5) is 0 Å². The molecule has 0 rings (SSSR count). The standard InChI is InChI=1S/C12H22O7.C2H6O2/c13-8-3-1-2-4-9-19-11(16)12(17,18)7-5-6-10(14)15;3-1-2-4/h13,17-18H,1-9H2,(H,14,15);3-4H,1-2H2. The van der Waals surface area contributed by atoms with E-state index in [0.29, 0.717) is 12.8 Å². The molecule has 0 saturated heterocycles. The van der Waals surface area contributed by atoms with Gasteiger partial charge in [-0.1, -0.05) is 6.42 Å². The number of aliphatic carboxylic acids is 1. The van der Waals surface area contributed by atoms with Gasteiger partial charge in [-0.3, -0.25) is 4.79 Å². The van der Waals surface area contributed by atoms with E-state index < -0.39 is 17.7 Å². The van der Waals surface area contributed by atoms with Gasteiger partial charge in [0.2, 0.25) is 0 Å². The highest BCUT2D eigenvalue weighted by Crippen LogP contribution is 2.13. The highest BCUT2D eigenvalue weighted by molar-refractivity contribution is 5.77. The topological polar surface area (TPSA) is 165 Å². The number of carbonyl (C=O) groups excluding carboxylic acids is 1. The summed E-state index contributed by atoms with van der Waals surface area (Å²) in [5.41, 5.74) is 0. The summed E-state index contributed by atoms with van der Waals surface area (Å²) in [5.74, 6) is -4.84. The van der Waals surface area contributed by atoms with E-state index in [1.165, 1.54) is 0 Å². The number of aliphatic hydroxyl groups is 5. The van der Waals surface area contributed by atoms with Crippen LogP contribution < -0.4 is 0 Å².